The minimum Gasteiger partial charge on any atom is -0.344 e. The van der Waals surface area contributed by atoms with E-state index in [1.807, 2.05) is 19.2 Å². The number of hydrogen-bond donors (Lipinski definition) is 2. The number of rotatable bonds is 1. The summed E-state index contributed by atoms with van der Waals surface area (Å²) in [6.45, 7) is 4.79. The monoisotopic (exact) mass is 307 g/mol. The van der Waals surface area contributed by atoms with Gasteiger partial charge in [0.25, 0.3) is 0 Å². The second-order valence-electron chi connectivity index (χ2n) is 5.94. The Morgan fingerprint density at radius 3 is 2.24 bits per heavy atom. The average Bonchev–Trinajstić information content (AvgIpc) is 2.35. The lowest BCUT2D eigenvalue weighted by atomic mass is 9.91. The van der Waals surface area contributed by atoms with Gasteiger partial charge in [-0.3, -0.25) is 9.59 Å². The highest BCUT2D eigenvalue weighted by molar-refractivity contribution is 6.01. The Morgan fingerprint density at radius 1 is 1.19 bits per heavy atom. The summed E-state index contributed by atoms with van der Waals surface area (Å²) in [5, 5.41) is 5.18. The van der Waals surface area contributed by atoms with Crippen LogP contribution in [0.2, 0.25) is 0 Å². The number of piperidine rings is 1. The highest BCUT2D eigenvalue weighted by Crippen LogP contribution is 2.29. The van der Waals surface area contributed by atoms with Crippen LogP contribution in [-0.4, -0.2) is 54.1 Å². The molecule has 120 valence electrons. The number of alkyl halides is 3. The third-order valence-corrected chi connectivity index (χ3v) is 3.94. The molecule has 0 aromatic carbocycles. The lowest BCUT2D eigenvalue weighted by Gasteiger charge is -2.39. The summed E-state index contributed by atoms with van der Waals surface area (Å²) in [4.78, 5) is 25.8. The van der Waals surface area contributed by atoms with Gasteiger partial charge in [0.2, 0.25) is 11.8 Å². The number of hydrogen-bond acceptors (Lipinski definition) is 3. The predicted octanol–water partition coefficient (Wildman–Crippen LogP) is 0.652. The SMILES string of the molecule is CC1CN(C(=O)C2CCC(C(F)(F)F)NC2=O)CC(C)N1. The van der Waals surface area contributed by atoms with E-state index in [9.17, 15) is 22.8 Å². The maximum absolute atomic E-state index is 12.6. The lowest BCUT2D eigenvalue weighted by Crippen LogP contribution is -2.60. The van der Waals surface area contributed by atoms with Crippen molar-refractivity contribution in [1.82, 2.24) is 15.5 Å². The fourth-order valence-corrected chi connectivity index (χ4v) is 3.02. The molecule has 4 atom stereocenters. The number of halogens is 3. The number of amides is 2. The van der Waals surface area contributed by atoms with E-state index in [0.29, 0.717) is 13.1 Å². The topological polar surface area (TPSA) is 61.4 Å². The van der Waals surface area contributed by atoms with Gasteiger partial charge < -0.3 is 15.5 Å². The molecule has 8 heteroatoms. The van der Waals surface area contributed by atoms with Crippen molar-refractivity contribution in [3.8, 4) is 0 Å². The Bertz CT molecular complexity index is 417. The van der Waals surface area contributed by atoms with Crippen LogP contribution >= 0.6 is 0 Å². The third kappa shape index (κ3) is 3.66. The van der Waals surface area contributed by atoms with Gasteiger partial charge >= 0.3 is 6.18 Å². The van der Waals surface area contributed by atoms with Crippen LogP contribution in [0, 0.1) is 5.92 Å². The van der Waals surface area contributed by atoms with Crippen LogP contribution in [-0.2, 0) is 9.59 Å². The first-order valence-electron chi connectivity index (χ1n) is 7.10. The Balaban J connectivity index is 1.99. The smallest absolute Gasteiger partial charge is 0.344 e. The van der Waals surface area contributed by atoms with E-state index < -0.39 is 24.0 Å². The molecule has 2 rings (SSSR count). The number of carbonyl (C=O) groups excluding carboxylic acids is 2. The fraction of sp³-hybridized carbons (Fsp3) is 0.846. The predicted molar refractivity (Wildman–Crippen MR) is 69.3 cm³/mol. The molecule has 2 saturated heterocycles. The van der Waals surface area contributed by atoms with Gasteiger partial charge in [-0.15, -0.1) is 0 Å². The van der Waals surface area contributed by atoms with E-state index >= 15 is 0 Å². The summed E-state index contributed by atoms with van der Waals surface area (Å²) >= 11 is 0. The average molecular weight is 307 g/mol. The first kappa shape index (κ1) is 16.1. The van der Waals surface area contributed by atoms with E-state index in [1.165, 1.54) is 0 Å². The molecule has 5 nitrogen and oxygen atoms in total. The first-order valence-corrected chi connectivity index (χ1v) is 7.10. The van der Waals surface area contributed by atoms with Crippen molar-refractivity contribution < 1.29 is 22.8 Å². The molecule has 21 heavy (non-hydrogen) atoms. The first-order chi connectivity index (χ1) is 9.68. The normalized spacial score (nSPS) is 34.5. The number of carbonyl (C=O) groups is 2. The van der Waals surface area contributed by atoms with Crippen LogP contribution < -0.4 is 10.6 Å². The second-order valence-corrected chi connectivity index (χ2v) is 5.94. The van der Waals surface area contributed by atoms with Crippen LogP contribution in [0.5, 0.6) is 0 Å². The third-order valence-electron chi connectivity index (χ3n) is 3.94. The van der Waals surface area contributed by atoms with E-state index in [2.05, 4.69) is 5.32 Å². The lowest BCUT2D eigenvalue weighted by molar-refractivity contribution is -0.172. The number of nitrogens with one attached hydrogen (secondary N) is 2. The van der Waals surface area contributed by atoms with E-state index in [0.717, 1.165) is 0 Å². The summed E-state index contributed by atoms with van der Waals surface area (Å²) in [6.07, 6.45) is -4.76. The zero-order chi connectivity index (χ0) is 15.8. The molecule has 2 heterocycles. The summed E-state index contributed by atoms with van der Waals surface area (Å²) in [5.74, 6) is -2.18. The summed E-state index contributed by atoms with van der Waals surface area (Å²) in [7, 11) is 0. The van der Waals surface area contributed by atoms with Gasteiger partial charge in [0, 0.05) is 25.2 Å². The molecule has 0 spiro atoms. The Hall–Kier alpha value is -1.31. The Kier molecular flexibility index (Phi) is 4.46. The van der Waals surface area contributed by atoms with E-state index in [-0.39, 0.29) is 30.8 Å². The molecule has 2 fully saturated rings. The molecule has 0 bridgehead atoms. The van der Waals surface area contributed by atoms with Gasteiger partial charge in [-0.2, -0.15) is 13.2 Å². The van der Waals surface area contributed by atoms with Crippen LogP contribution in [0.15, 0.2) is 0 Å². The summed E-state index contributed by atoms with van der Waals surface area (Å²) < 4.78 is 37.7. The quantitative estimate of drug-likeness (QED) is 0.699. The fourth-order valence-electron chi connectivity index (χ4n) is 3.02. The molecule has 2 amide bonds. The number of piperazine rings is 1. The van der Waals surface area contributed by atoms with Gasteiger partial charge in [-0.1, -0.05) is 0 Å². The summed E-state index contributed by atoms with van der Waals surface area (Å²) in [6, 6.07) is -1.63. The van der Waals surface area contributed by atoms with Crippen LogP contribution in [0.4, 0.5) is 13.2 Å². The zero-order valence-electron chi connectivity index (χ0n) is 12.0. The molecule has 4 unspecified atom stereocenters. The van der Waals surface area contributed by atoms with Gasteiger partial charge in [-0.25, -0.2) is 0 Å². The van der Waals surface area contributed by atoms with Gasteiger partial charge in [-0.05, 0) is 26.7 Å². The van der Waals surface area contributed by atoms with Crippen molar-refractivity contribution in [3.05, 3.63) is 0 Å². The molecule has 0 aromatic rings. The molecular formula is C13H20F3N3O2. The van der Waals surface area contributed by atoms with Crippen molar-refractivity contribution in [2.75, 3.05) is 13.1 Å². The molecule has 2 N–H and O–H groups in total. The molecule has 0 aliphatic carbocycles. The molecule has 0 aromatic heterocycles. The van der Waals surface area contributed by atoms with Crippen molar-refractivity contribution in [3.63, 3.8) is 0 Å². The zero-order valence-corrected chi connectivity index (χ0v) is 12.0. The Morgan fingerprint density at radius 2 is 1.76 bits per heavy atom. The molecule has 0 radical (unpaired) electrons. The van der Waals surface area contributed by atoms with Crippen LogP contribution in [0.3, 0.4) is 0 Å². The second kappa shape index (κ2) is 5.82. The van der Waals surface area contributed by atoms with E-state index in [4.69, 9.17) is 0 Å². The van der Waals surface area contributed by atoms with Crippen molar-refractivity contribution in [2.24, 2.45) is 5.92 Å². The maximum Gasteiger partial charge on any atom is 0.408 e. The van der Waals surface area contributed by atoms with Crippen molar-refractivity contribution >= 4 is 11.8 Å². The summed E-state index contributed by atoms with van der Waals surface area (Å²) in [5.41, 5.74) is 0. The Labute approximate surface area is 121 Å². The molecule has 2 aliphatic rings. The molecular weight excluding hydrogens is 287 g/mol. The highest BCUT2D eigenvalue weighted by atomic mass is 19.4. The number of nitrogens with zero attached hydrogens (tertiary/aromatic N) is 1. The van der Waals surface area contributed by atoms with Gasteiger partial charge in [0.15, 0.2) is 0 Å². The molecule has 2 aliphatic heterocycles. The van der Waals surface area contributed by atoms with Crippen LogP contribution in [0.25, 0.3) is 0 Å². The minimum atomic E-state index is -4.46. The van der Waals surface area contributed by atoms with Crippen molar-refractivity contribution in [2.45, 2.75) is 51.0 Å². The van der Waals surface area contributed by atoms with Crippen LogP contribution in [0.1, 0.15) is 26.7 Å². The van der Waals surface area contributed by atoms with Crippen molar-refractivity contribution in [1.29, 1.82) is 0 Å². The van der Waals surface area contributed by atoms with Gasteiger partial charge in [0.1, 0.15) is 12.0 Å². The van der Waals surface area contributed by atoms with Gasteiger partial charge in [0.05, 0.1) is 0 Å². The molecule has 0 saturated carbocycles. The maximum atomic E-state index is 12.6. The van der Waals surface area contributed by atoms with E-state index in [1.54, 1.807) is 4.90 Å². The standard InChI is InChI=1S/C13H20F3N3O2/c1-7-5-19(6-8(2)17-7)12(21)9-3-4-10(13(14,15)16)18-11(9)20/h7-10,17H,3-6H2,1-2H3,(H,18,20). The highest BCUT2D eigenvalue weighted by Gasteiger charge is 2.46. The largest absolute Gasteiger partial charge is 0.408 e. The minimum absolute atomic E-state index is 0.0540.